The number of nitrogens with two attached hydrogens (primary N) is 1. The Balaban J connectivity index is 3.22. The molecule has 0 aliphatic carbocycles. The molecule has 16 heavy (non-hydrogen) atoms. The first-order valence-corrected chi connectivity index (χ1v) is 6.48. The second-order valence-electron chi connectivity index (χ2n) is 3.21. The lowest BCUT2D eigenvalue weighted by Crippen LogP contribution is -2.25. The predicted octanol–water partition coefficient (Wildman–Crippen LogP) is 1.75. The van der Waals surface area contributed by atoms with E-state index in [4.69, 9.17) is 17.3 Å². The molecule has 0 saturated carbocycles. The highest BCUT2D eigenvalue weighted by molar-refractivity contribution is 7.89. The van der Waals surface area contributed by atoms with Crippen LogP contribution in [-0.2, 0) is 10.0 Å². The summed E-state index contributed by atoms with van der Waals surface area (Å²) in [6.45, 7) is 2.03. The zero-order valence-electron chi connectivity index (χ0n) is 8.63. The minimum absolute atomic E-state index is 0.100. The second kappa shape index (κ2) is 4.99. The van der Waals surface area contributed by atoms with Crippen LogP contribution in [0.3, 0.4) is 0 Å². The van der Waals surface area contributed by atoms with E-state index in [9.17, 15) is 12.8 Å². The van der Waals surface area contributed by atoms with Crippen LogP contribution in [0.4, 0.5) is 10.1 Å². The minimum atomic E-state index is -3.89. The molecule has 1 aromatic carbocycles. The van der Waals surface area contributed by atoms with Crippen molar-refractivity contribution in [1.29, 1.82) is 0 Å². The van der Waals surface area contributed by atoms with Gasteiger partial charge < -0.3 is 5.73 Å². The Morgan fingerprint density at radius 3 is 2.69 bits per heavy atom. The quantitative estimate of drug-likeness (QED) is 0.816. The van der Waals surface area contributed by atoms with Gasteiger partial charge in [0, 0.05) is 12.2 Å². The number of sulfonamides is 1. The number of hydrogen-bond donors (Lipinski definition) is 2. The van der Waals surface area contributed by atoms with Crippen LogP contribution in [0.25, 0.3) is 0 Å². The maximum atomic E-state index is 13.5. The van der Waals surface area contributed by atoms with Crippen LogP contribution in [-0.4, -0.2) is 15.0 Å². The third-order valence-corrected chi connectivity index (χ3v) is 3.58. The van der Waals surface area contributed by atoms with Gasteiger partial charge in [0.2, 0.25) is 10.0 Å². The third-order valence-electron chi connectivity index (χ3n) is 1.85. The molecule has 0 fully saturated rings. The van der Waals surface area contributed by atoms with Gasteiger partial charge in [0.25, 0.3) is 0 Å². The first-order chi connectivity index (χ1) is 7.38. The number of anilines is 1. The van der Waals surface area contributed by atoms with E-state index in [1.807, 2.05) is 0 Å². The molecule has 0 unspecified atom stereocenters. The Bertz CT molecular complexity index is 491. The predicted molar refractivity (Wildman–Crippen MR) is 61.3 cm³/mol. The van der Waals surface area contributed by atoms with Crippen molar-refractivity contribution >= 4 is 27.3 Å². The molecular weight excluding hydrogens is 255 g/mol. The average molecular weight is 267 g/mol. The Labute approximate surface area is 98.6 Å². The summed E-state index contributed by atoms with van der Waals surface area (Å²) in [7, 11) is -3.89. The molecular formula is C9H12ClFN2O2S. The molecule has 0 atom stereocenters. The van der Waals surface area contributed by atoms with Crippen LogP contribution in [0.1, 0.15) is 13.3 Å². The van der Waals surface area contributed by atoms with Gasteiger partial charge in [-0.1, -0.05) is 18.5 Å². The molecule has 0 amide bonds. The van der Waals surface area contributed by atoms with E-state index in [0.717, 1.165) is 12.1 Å². The van der Waals surface area contributed by atoms with Gasteiger partial charge in [-0.15, -0.1) is 0 Å². The lowest BCUT2D eigenvalue weighted by Gasteiger charge is -2.08. The standard InChI is InChI=1S/C9H12ClFN2O2S/c1-2-3-13-16(14,15)8-5-6(12)4-7(10)9(8)11/h4-5,13H,2-3,12H2,1H3. The number of nitrogen functional groups attached to an aromatic ring is 1. The molecule has 0 aliphatic heterocycles. The van der Waals surface area contributed by atoms with Gasteiger partial charge in [-0.05, 0) is 18.6 Å². The van der Waals surface area contributed by atoms with E-state index in [0.29, 0.717) is 6.42 Å². The van der Waals surface area contributed by atoms with Gasteiger partial charge in [-0.2, -0.15) is 0 Å². The summed E-state index contributed by atoms with van der Waals surface area (Å²) >= 11 is 5.51. The largest absolute Gasteiger partial charge is 0.399 e. The molecule has 0 spiro atoms. The maximum absolute atomic E-state index is 13.5. The van der Waals surface area contributed by atoms with Crippen LogP contribution < -0.4 is 10.5 Å². The number of nitrogens with one attached hydrogen (secondary N) is 1. The molecule has 7 heteroatoms. The third kappa shape index (κ3) is 2.84. The van der Waals surface area contributed by atoms with Crippen molar-refractivity contribution < 1.29 is 12.8 Å². The lowest BCUT2D eigenvalue weighted by molar-refractivity contribution is 0.557. The molecule has 0 saturated heterocycles. The highest BCUT2D eigenvalue weighted by atomic mass is 35.5. The average Bonchev–Trinajstić information content (AvgIpc) is 2.20. The molecule has 0 bridgehead atoms. The molecule has 1 aromatic rings. The number of hydrogen-bond acceptors (Lipinski definition) is 3. The van der Waals surface area contributed by atoms with Crippen molar-refractivity contribution in [2.75, 3.05) is 12.3 Å². The smallest absolute Gasteiger partial charge is 0.243 e. The van der Waals surface area contributed by atoms with Gasteiger partial charge in [0.15, 0.2) is 5.82 Å². The maximum Gasteiger partial charge on any atom is 0.243 e. The van der Waals surface area contributed by atoms with Crippen molar-refractivity contribution in [3.05, 3.63) is 23.0 Å². The Kier molecular flexibility index (Phi) is 4.12. The summed E-state index contributed by atoms with van der Waals surface area (Å²) in [6.07, 6.45) is 0.608. The molecule has 3 N–H and O–H groups in total. The van der Waals surface area contributed by atoms with Crippen LogP contribution in [0.15, 0.2) is 17.0 Å². The number of benzene rings is 1. The van der Waals surface area contributed by atoms with Crippen LogP contribution in [0.5, 0.6) is 0 Å². The summed E-state index contributed by atoms with van der Waals surface area (Å²) in [5, 5.41) is -0.308. The Morgan fingerprint density at radius 1 is 1.50 bits per heavy atom. The summed E-state index contributed by atoms with van der Waals surface area (Å²) in [6, 6.07) is 2.20. The van der Waals surface area contributed by atoms with Gasteiger partial charge in [-0.25, -0.2) is 17.5 Å². The van der Waals surface area contributed by atoms with Gasteiger partial charge >= 0.3 is 0 Å². The summed E-state index contributed by atoms with van der Waals surface area (Å²) in [4.78, 5) is -0.522. The zero-order valence-corrected chi connectivity index (χ0v) is 10.2. The van der Waals surface area contributed by atoms with Crippen molar-refractivity contribution in [3.8, 4) is 0 Å². The van der Waals surface area contributed by atoms with Gasteiger partial charge in [0.05, 0.1) is 5.02 Å². The molecule has 0 aliphatic rings. The zero-order chi connectivity index (χ0) is 12.3. The number of rotatable bonds is 4. The van der Waals surface area contributed by atoms with E-state index in [1.165, 1.54) is 0 Å². The van der Waals surface area contributed by atoms with Crippen molar-refractivity contribution in [1.82, 2.24) is 4.72 Å². The van der Waals surface area contributed by atoms with Gasteiger partial charge in [0.1, 0.15) is 4.90 Å². The highest BCUT2D eigenvalue weighted by Crippen LogP contribution is 2.25. The SMILES string of the molecule is CCCNS(=O)(=O)c1cc(N)cc(Cl)c1F. The van der Waals surface area contributed by atoms with E-state index < -0.39 is 20.7 Å². The van der Waals surface area contributed by atoms with Crippen LogP contribution in [0.2, 0.25) is 5.02 Å². The summed E-state index contributed by atoms with van der Waals surface area (Å²) in [5.41, 5.74) is 5.51. The first kappa shape index (κ1) is 13.2. The molecule has 0 heterocycles. The minimum Gasteiger partial charge on any atom is -0.399 e. The fourth-order valence-electron chi connectivity index (χ4n) is 1.09. The summed E-state index contributed by atoms with van der Waals surface area (Å²) < 4.78 is 39.0. The topological polar surface area (TPSA) is 72.2 Å². The lowest BCUT2D eigenvalue weighted by atomic mass is 10.3. The molecule has 90 valence electrons. The molecule has 0 radical (unpaired) electrons. The summed E-state index contributed by atoms with van der Waals surface area (Å²) in [5.74, 6) is -0.987. The molecule has 4 nitrogen and oxygen atoms in total. The monoisotopic (exact) mass is 266 g/mol. The van der Waals surface area contributed by atoms with Crippen molar-refractivity contribution in [2.24, 2.45) is 0 Å². The number of halogens is 2. The molecule has 1 rings (SSSR count). The fourth-order valence-corrected chi connectivity index (χ4v) is 2.64. The fraction of sp³-hybridized carbons (Fsp3) is 0.333. The normalized spacial score (nSPS) is 11.7. The Hall–Kier alpha value is -0.850. The second-order valence-corrected chi connectivity index (χ2v) is 5.36. The van der Waals surface area contributed by atoms with Crippen LogP contribution >= 0.6 is 11.6 Å². The van der Waals surface area contributed by atoms with Crippen molar-refractivity contribution in [2.45, 2.75) is 18.2 Å². The van der Waals surface area contributed by atoms with E-state index >= 15 is 0 Å². The van der Waals surface area contributed by atoms with Crippen LogP contribution in [0, 0.1) is 5.82 Å². The van der Waals surface area contributed by atoms with E-state index in [1.54, 1.807) is 6.92 Å². The van der Waals surface area contributed by atoms with E-state index in [2.05, 4.69) is 4.72 Å². The highest BCUT2D eigenvalue weighted by Gasteiger charge is 2.21. The van der Waals surface area contributed by atoms with E-state index in [-0.39, 0.29) is 17.3 Å². The Morgan fingerprint density at radius 2 is 2.12 bits per heavy atom. The molecule has 0 aromatic heterocycles. The van der Waals surface area contributed by atoms with Gasteiger partial charge in [-0.3, -0.25) is 0 Å². The van der Waals surface area contributed by atoms with Crippen molar-refractivity contribution in [3.63, 3.8) is 0 Å². The first-order valence-electron chi connectivity index (χ1n) is 4.62.